The molecule has 0 unspecified atom stereocenters. The van der Waals surface area contributed by atoms with Crippen molar-refractivity contribution in [2.45, 2.75) is 13.3 Å². The summed E-state index contributed by atoms with van der Waals surface area (Å²) >= 11 is 5.91. The van der Waals surface area contributed by atoms with Gasteiger partial charge < -0.3 is 5.11 Å². The Morgan fingerprint density at radius 1 is 1.38 bits per heavy atom. The van der Waals surface area contributed by atoms with Gasteiger partial charge in [-0.25, -0.2) is 0 Å². The number of carbonyl (C=O) groups is 2. The number of carboxylic acids is 1. The van der Waals surface area contributed by atoms with Crippen molar-refractivity contribution in [3.05, 3.63) is 40.4 Å². The molecule has 0 spiro atoms. The van der Waals surface area contributed by atoms with Gasteiger partial charge >= 0.3 is 5.97 Å². The van der Waals surface area contributed by atoms with Gasteiger partial charge in [0, 0.05) is 10.6 Å². The summed E-state index contributed by atoms with van der Waals surface area (Å²) in [6.07, 6.45) is 1.22. The summed E-state index contributed by atoms with van der Waals surface area (Å²) in [5, 5.41) is 9.15. The van der Waals surface area contributed by atoms with E-state index in [0.717, 1.165) is 0 Å². The highest BCUT2D eigenvalue weighted by molar-refractivity contribution is 6.32. The molecule has 0 aliphatic heterocycles. The molecule has 0 saturated heterocycles. The number of Topliss-reactive ketones (excluding diaryl/α,β-unsaturated/α-hetero) is 1. The second kappa shape index (κ2) is 5.47. The largest absolute Gasteiger partial charge is 0.481 e. The molecule has 0 saturated carbocycles. The van der Waals surface area contributed by atoms with Gasteiger partial charge in [0.15, 0.2) is 5.78 Å². The highest BCUT2D eigenvalue weighted by atomic mass is 35.5. The van der Waals surface area contributed by atoms with Crippen LogP contribution in [0.3, 0.4) is 0 Å². The lowest BCUT2D eigenvalue weighted by molar-refractivity contribution is -0.136. The minimum atomic E-state index is -1.03. The molecular formula is C12H11ClO3. The Morgan fingerprint density at radius 3 is 2.50 bits per heavy atom. The van der Waals surface area contributed by atoms with E-state index in [9.17, 15) is 9.59 Å². The average molecular weight is 239 g/mol. The fourth-order valence-corrected chi connectivity index (χ4v) is 1.41. The first-order valence-electron chi connectivity index (χ1n) is 4.68. The summed E-state index contributed by atoms with van der Waals surface area (Å²) in [6.45, 7) is 1.34. The Balaban J connectivity index is 3.07. The second-order valence-corrected chi connectivity index (χ2v) is 3.72. The summed E-state index contributed by atoms with van der Waals surface area (Å²) in [5.74, 6) is -1.30. The van der Waals surface area contributed by atoms with Gasteiger partial charge in [-0.2, -0.15) is 0 Å². The number of hydrogen-bond acceptors (Lipinski definition) is 2. The van der Waals surface area contributed by atoms with Crippen LogP contribution in [0.5, 0.6) is 0 Å². The number of benzene rings is 1. The maximum atomic E-state index is 11.2. The van der Waals surface area contributed by atoms with Crippen LogP contribution in [0, 0.1) is 0 Å². The molecule has 0 amide bonds. The van der Waals surface area contributed by atoms with E-state index in [0.29, 0.717) is 10.6 Å². The van der Waals surface area contributed by atoms with Crippen LogP contribution >= 0.6 is 11.6 Å². The van der Waals surface area contributed by atoms with E-state index >= 15 is 0 Å². The molecule has 0 fully saturated rings. The normalized spacial score (nSPS) is 11.2. The van der Waals surface area contributed by atoms with Gasteiger partial charge in [-0.3, -0.25) is 9.59 Å². The molecular weight excluding hydrogens is 228 g/mol. The van der Waals surface area contributed by atoms with Crippen LogP contribution in [0.25, 0.3) is 6.08 Å². The molecule has 1 N–H and O–H groups in total. The minimum absolute atomic E-state index is 0.237. The number of halogens is 1. The minimum Gasteiger partial charge on any atom is -0.481 e. The quantitative estimate of drug-likeness (QED) is 0.821. The van der Waals surface area contributed by atoms with Crippen molar-refractivity contribution in [2.75, 3.05) is 0 Å². The number of ketones is 1. The van der Waals surface area contributed by atoms with E-state index in [2.05, 4.69) is 0 Å². The standard InChI is InChI=1S/C12H11ClO3/c1-8(14)10(7-12(15)16)6-9-4-2-3-5-11(9)13/h2-6H,7H2,1H3,(H,15,16)/b10-6+. The fraction of sp³-hybridized carbons (Fsp3) is 0.167. The van der Waals surface area contributed by atoms with Gasteiger partial charge in [-0.15, -0.1) is 0 Å². The second-order valence-electron chi connectivity index (χ2n) is 3.32. The molecule has 0 aliphatic rings. The third-order valence-corrected chi connectivity index (χ3v) is 2.37. The maximum absolute atomic E-state index is 11.2. The number of aliphatic carboxylic acids is 1. The average Bonchev–Trinajstić information content (AvgIpc) is 2.19. The van der Waals surface area contributed by atoms with Crippen LogP contribution in [0.1, 0.15) is 18.9 Å². The van der Waals surface area contributed by atoms with Gasteiger partial charge in [0.05, 0.1) is 6.42 Å². The van der Waals surface area contributed by atoms with Crippen LogP contribution in [0.2, 0.25) is 5.02 Å². The molecule has 4 heteroatoms. The Bertz CT molecular complexity index is 449. The van der Waals surface area contributed by atoms with Crippen LogP contribution < -0.4 is 0 Å². The first-order chi connectivity index (χ1) is 7.50. The Kier molecular flexibility index (Phi) is 4.26. The van der Waals surface area contributed by atoms with Crippen LogP contribution in [0.4, 0.5) is 0 Å². The van der Waals surface area contributed by atoms with E-state index in [4.69, 9.17) is 16.7 Å². The number of hydrogen-bond donors (Lipinski definition) is 1. The zero-order valence-electron chi connectivity index (χ0n) is 8.74. The first kappa shape index (κ1) is 12.5. The Morgan fingerprint density at radius 2 is 2.00 bits per heavy atom. The number of rotatable bonds is 4. The lowest BCUT2D eigenvalue weighted by Crippen LogP contribution is -2.04. The molecule has 84 valence electrons. The van der Waals surface area contributed by atoms with Crippen molar-refractivity contribution >= 4 is 29.4 Å². The molecule has 0 heterocycles. The van der Waals surface area contributed by atoms with Crippen LogP contribution in [0.15, 0.2) is 29.8 Å². The summed E-state index contributed by atoms with van der Waals surface area (Å²) in [6, 6.07) is 6.96. The topological polar surface area (TPSA) is 54.4 Å². The lowest BCUT2D eigenvalue weighted by Gasteiger charge is -2.02. The predicted molar refractivity (Wildman–Crippen MR) is 62.4 cm³/mol. The van der Waals surface area contributed by atoms with Crippen molar-refractivity contribution in [1.29, 1.82) is 0 Å². The van der Waals surface area contributed by atoms with Gasteiger partial charge in [0.1, 0.15) is 0 Å². The molecule has 0 bridgehead atoms. The molecule has 1 aromatic rings. The molecule has 0 aliphatic carbocycles. The fourth-order valence-electron chi connectivity index (χ4n) is 1.22. The molecule has 1 aromatic carbocycles. The van der Waals surface area contributed by atoms with Gasteiger partial charge in [-0.05, 0) is 24.6 Å². The smallest absolute Gasteiger partial charge is 0.307 e. The van der Waals surface area contributed by atoms with Gasteiger partial charge in [0.2, 0.25) is 0 Å². The third kappa shape index (κ3) is 3.51. The van der Waals surface area contributed by atoms with Crippen molar-refractivity contribution in [3.63, 3.8) is 0 Å². The van der Waals surface area contributed by atoms with Gasteiger partial charge in [0.25, 0.3) is 0 Å². The van der Waals surface area contributed by atoms with Crippen molar-refractivity contribution in [3.8, 4) is 0 Å². The Hall–Kier alpha value is -1.61. The molecule has 3 nitrogen and oxygen atoms in total. The zero-order valence-corrected chi connectivity index (χ0v) is 9.49. The van der Waals surface area contributed by atoms with E-state index in [-0.39, 0.29) is 17.8 Å². The monoisotopic (exact) mass is 238 g/mol. The first-order valence-corrected chi connectivity index (χ1v) is 5.06. The summed E-state index contributed by atoms with van der Waals surface area (Å²) in [4.78, 5) is 21.8. The molecule has 16 heavy (non-hydrogen) atoms. The van der Waals surface area contributed by atoms with Crippen LogP contribution in [-0.4, -0.2) is 16.9 Å². The van der Waals surface area contributed by atoms with E-state index < -0.39 is 5.97 Å². The van der Waals surface area contributed by atoms with E-state index in [1.54, 1.807) is 24.3 Å². The SMILES string of the molecule is CC(=O)/C(=C/c1ccccc1Cl)CC(=O)O. The van der Waals surface area contributed by atoms with E-state index in [1.807, 2.05) is 0 Å². The highest BCUT2D eigenvalue weighted by Gasteiger charge is 2.09. The predicted octanol–water partition coefficient (Wildman–Crippen LogP) is 2.79. The van der Waals surface area contributed by atoms with Gasteiger partial charge in [-0.1, -0.05) is 29.8 Å². The third-order valence-electron chi connectivity index (χ3n) is 2.03. The maximum Gasteiger partial charge on any atom is 0.307 e. The summed E-state index contributed by atoms with van der Waals surface area (Å²) < 4.78 is 0. The summed E-state index contributed by atoms with van der Waals surface area (Å²) in [7, 11) is 0. The molecule has 0 aromatic heterocycles. The summed E-state index contributed by atoms with van der Waals surface area (Å²) in [5.41, 5.74) is 0.885. The molecule has 0 atom stereocenters. The van der Waals surface area contributed by atoms with Crippen molar-refractivity contribution in [1.82, 2.24) is 0 Å². The van der Waals surface area contributed by atoms with E-state index in [1.165, 1.54) is 13.0 Å². The van der Waals surface area contributed by atoms with Crippen molar-refractivity contribution < 1.29 is 14.7 Å². The Labute approximate surface area is 98.4 Å². The van der Waals surface area contributed by atoms with Crippen molar-refractivity contribution in [2.24, 2.45) is 0 Å². The number of carboxylic acid groups (broad SMARTS) is 1. The lowest BCUT2D eigenvalue weighted by atomic mass is 10.0. The van der Waals surface area contributed by atoms with Crippen LogP contribution in [-0.2, 0) is 9.59 Å². The molecule has 1 rings (SSSR count). The zero-order chi connectivity index (χ0) is 12.1. The number of carbonyl (C=O) groups excluding carboxylic acids is 1. The highest BCUT2D eigenvalue weighted by Crippen LogP contribution is 2.19. The molecule has 0 radical (unpaired) electrons.